The zero-order valence-corrected chi connectivity index (χ0v) is 15.0. The molecule has 1 aliphatic rings. The Morgan fingerprint density at radius 2 is 2.00 bits per heavy atom. The normalized spacial score (nSPS) is 15.3. The summed E-state index contributed by atoms with van der Waals surface area (Å²) in [5.41, 5.74) is 3.71. The molecule has 134 valence electrons. The summed E-state index contributed by atoms with van der Waals surface area (Å²) >= 11 is 0. The first-order chi connectivity index (χ1) is 11.7. The van der Waals surface area contributed by atoms with E-state index in [4.69, 9.17) is 14.6 Å². The van der Waals surface area contributed by atoms with Gasteiger partial charge in [0, 0.05) is 6.42 Å². The zero-order valence-electron chi connectivity index (χ0n) is 15.0. The van der Waals surface area contributed by atoms with Crippen molar-refractivity contribution in [3.63, 3.8) is 0 Å². The van der Waals surface area contributed by atoms with E-state index in [1.807, 2.05) is 0 Å². The molecule has 0 saturated heterocycles. The summed E-state index contributed by atoms with van der Waals surface area (Å²) in [7, 11) is 1.76. The third kappa shape index (κ3) is 4.97. The summed E-state index contributed by atoms with van der Waals surface area (Å²) in [6, 6.07) is 4.39. The minimum atomic E-state index is -0.253. The lowest BCUT2D eigenvalue weighted by molar-refractivity contribution is -0.144. The first kappa shape index (κ1) is 18.8. The second-order valence-corrected chi connectivity index (χ2v) is 6.51. The van der Waals surface area contributed by atoms with E-state index in [9.17, 15) is 4.79 Å². The number of rotatable bonds is 8. The standard InChI is InChI=1S/C20H30O4/c1-3-16-13-15(9-10-19(22)24-12-11-21)14-18(20(16)23-2)17-7-5-4-6-8-17/h13-14,17,21H,3-12H2,1-2H3. The Hall–Kier alpha value is -1.55. The molecule has 0 spiro atoms. The van der Waals surface area contributed by atoms with Gasteiger partial charge in [0.05, 0.1) is 13.7 Å². The Morgan fingerprint density at radius 3 is 2.62 bits per heavy atom. The van der Waals surface area contributed by atoms with Crippen molar-refractivity contribution in [1.29, 1.82) is 0 Å². The molecule has 24 heavy (non-hydrogen) atoms. The molecule has 1 aliphatic carbocycles. The summed E-state index contributed by atoms with van der Waals surface area (Å²) in [4.78, 5) is 11.7. The molecule has 0 aromatic heterocycles. The summed E-state index contributed by atoms with van der Waals surface area (Å²) < 4.78 is 10.7. The van der Waals surface area contributed by atoms with Crippen LogP contribution in [-0.4, -0.2) is 31.4 Å². The highest BCUT2D eigenvalue weighted by atomic mass is 16.5. The number of methoxy groups -OCH3 is 1. The predicted molar refractivity (Wildman–Crippen MR) is 94.6 cm³/mol. The van der Waals surface area contributed by atoms with Gasteiger partial charge in [0.15, 0.2) is 0 Å². The average Bonchev–Trinajstić information content (AvgIpc) is 2.64. The first-order valence-electron chi connectivity index (χ1n) is 9.15. The highest BCUT2D eigenvalue weighted by Crippen LogP contribution is 2.40. The van der Waals surface area contributed by atoms with Crippen LogP contribution in [0.4, 0.5) is 0 Å². The molecular weight excluding hydrogens is 304 g/mol. The van der Waals surface area contributed by atoms with Crippen molar-refractivity contribution in [3.05, 3.63) is 28.8 Å². The molecule has 0 atom stereocenters. The summed E-state index contributed by atoms with van der Waals surface area (Å²) in [5.74, 6) is 1.36. The van der Waals surface area contributed by atoms with Gasteiger partial charge in [-0.3, -0.25) is 4.79 Å². The number of carbonyl (C=O) groups excluding carboxylic acids is 1. The van der Waals surface area contributed by atoms with E-state index >= 15 is 0 Å². The van der Waals surface area contributed by atoms with Gasteiger partial charge in [0.2, 0.25) is 0 Å². The fourth-order valence-corrected chi connectivity index (χ4v) is 3.63. The van der Waals surface area contributed by atoms with Gasteiger partial charge in [0.1, 0.15) is 12.4 Å². The Labute approximate surface area is 145 Å². The number of esters is 1. The van der Waals surface area contributed by atoms with Crippen LogP contribution in [0.3, 0.4) is 0 Å². The van der Waals surface area contributed by atoms with Crippen LogP contribution < -0.4 is 4.74 Å². The van der Waals surface area contributed by atoms with Crippen LogP contribution >= 0.6 is 0 Å². The van der Waals surface area contributed by atoms with Crippen LogP contribution in [0.2, 0.25) is 0 Å². The molecule has 0 radical (unpaired) electrons. The predicted octanol–water partition coefficient (Wildman–Crippen LogP) is 3.77. The first-order valence-corrected chi connectivity index (χ1v) is 9.15. The monoisotopic (exact) mass is 334 g/mol. The molecule has 1 N–H and O–H groups in total. The molecule has 1 aromatic rings. The van der Waals surface area contributed by atoms with Crippen molar-refractivity contribution in [3.8, 4) is 5.75 Å². The quantitative estimate of drug-likeness (QED) is 0.735. The second-order valence-electron chi connectivity index (χ2n) is 6.51. The lowest BCUT2D eigenvalue weighted by Crippen LogP contribution is -2.11. The van der Waals surface area contributed by atoms with Crippen molar-refractivity contribution >= 4 is 5.97 Å². The van der Waals surface area contributed by atoms with E-state index in [1.165, 1.54) is 48.8 Å². The second kappa shape index (κ2) is 9.67. The molecular formula is C20H30O4. The molecule has 4 heteroatoms. The van der Waals surface area contributed by atoms with Gasteiger partial charge in [-0.1, -0.05) is 38.3 Å². The van der Waals surface area contributed by atoms with Crippen LogP contribution in [0.1, 0.15) is 68.1 Å². The number of hydrogen-bond donors (Lipinski definition) is 1. The van der Waals surface area contributed by atoms with Gasteiger partial charge in [-0.05, 0) is 48.3 Å². The summed E-state index contributed by atoms with van der Waals surface area (Å²) in [5, 5.41) is 8.72. The lowest BCUT2D eigenvalue weighted by atomic mass is 9.82. The van der Waals surface area contributed by atoms with E-state index in [0.29, 0.717) is 18.8 Å². The Balaban J connectivity index is 2.17. The van der Waals surface area contributed by atoms with Crippen molar-refractivity contribution < 1.29 is 19.4 Å². The smallest absolute Gasteiger partial charge is 0.306 e. The number of ether oxygens (including phenoxy) is 2. The van der Waals surface area contributed by atoms with Crippen molar-refractivity contribution in [2.45, 2.75) is 64.2 Å². The maximum Gasteiger partial charge on any atom is 0.306 e. The minimum absolute atomic E-state index is 0.0784. The van der Waals surface area contributed by atoms with E-state index in [-0.39, 0.29) is 19.2 Å². The lowest BCUT2D eigenvalue weighted by Gasteiger charge is -2.26. The van der Waals surface area contributed by atoms with Crippen LogP contribution in [0.5, 0.6) is 5.75 Å². The fourth-order valence-electron chi connectivity index (χ4n) is 3.63. The molecule has 0 unspecified atom stereocenters. The highest BCUT2D eigenvalue weighted by molar-refractivity contribution is 5.69. The number of hydrogen-bond acceptors (Lipinski definition) is 4. The molecule has 0 aliphatic heterocycles. The van der Waals surface area contributed by atoms with E-state index < -0.39 is 0 Å². The SMILES string of the molecule is CCc1cc(CCC(=O)OCCO)cc(C2CCCCC2)c1OC. The van der Waals surface area contributed by atoms with Crippen LogP contribution in [0.15, 0.2) is 12.1 Å². The maximum absolute atomic E-state index is 11.7. The maximum atomic E-state index is 11.7. The topological polar surface area (TPSA) is 55.8 Å². The van der Waals surface area contributed by atoms with Gasteiger partial charge in [0.25, 0.3) is 0 Å². The molecule has 0 amide bonds. The minimum Gasteiger partial charge on any atom is -0.496 e. The molecule has 0 bridgehead atoms. The van der Waals surface area contributed by atoms with E-state index in [1.54, 1.807) is 7.11 Å². The van der Waals surface area contributed by atoms with Crippen molar-refractivity contribution in [2.75, 3.05) is 20.3 Å². The van der Waals surface area contributed by atoms with E-state index in [0.717, 1.165) is 12.2 Å². The van der Waals surface area contributed by atoms with E-state index in [2.05, 4.69) is 19.1 Å². The van der Waals surface area contributed by atoms with Gasteiger partial charge in [-0.2, -0.15) is 0 Å². The Morgan fingerprint density at radius 1 is 1.25 bits per heavy atom. The number of aryl methyl sites for hydroxylation is 2. The van der Waals surface area contributed by atoms with Crippen LogP contribution in [0, 0.1) is 0 Å². The van der Waals surface area contributed by atoms with Gasteiger partial charge < -0.3 is 14.6 Å². The van der Waals surface area contributed by atoms with Gasteiger partial charge >= 0.3 is 5.97 Å². The zero-order chi connectivity index (χ0) is 17.4. The van der Waals surface area contributed by atoms with Gasteiger partial charge in [-0.25, -0.2) is 0 Å². The van der Waals surface area contributed by atoms with Gasteiger partial charge in [-0.15, -0.1) is 0 Å². The fraction of sp³-hybridized carbons (Fsp3) is 0.650. The van der Waals surface area contributed by atoms with Crippen LogP contribution in [0.25, 0.3) is 0 Å². The van der Waals surface area contributed by atoms with Crippen molar-refractivity contribution in [2.24, 2.45) is 0 Å². The molecule has 1 fully saturated rings. The number of aliphatic hydroxyl groups is 1. The third-order valence-corrected chi connectivity index (χ3v) is 4.86. The number of benzene rings is 1. The largest absolute Gasteiger partial charge is 0.496 e. The molecule has 2 rings (SSSR count). The Bertz CT molecular complexity index is 533. The third-order valence-electron chi connectivity index (χ3n) is 4.86. The summed E-state index contributed by atoms with van der Waals surface area (Å²) in [6.07, 6.45) is 8.28. The molecule has 1 saturated carbocycles. The summed E-state index contributed by atoms with van der Waals surface area (Å²) in [6.45, 7) is 2.09. The van der Waals surface area contributed by atoms with Crippen molar-refractivity contribution in [1.82, 2.24) is 0 Å². The number of aliphatic hydroxyl groups excluding tert-OH is 1. The van der Waals surface area contributed by atoms with Crippen LogP contribution in [-0.2, 0) is 22.4 Å². The molecule has 4 nitrogen and oxygen atoms in total. The number of carbonyl (C=O) groups is 1. The average molecular weight is 334 g/mol. The Kier molecular flexibility index (Phi) is 7.57. The molecule has 1 aromatic carbocycles. The molecule has 0 heterocycles. The highest BCUT2D eigenvalue weighted by Gasteiger charge is 2.21.